The van der Waals surface area contributed by atoms with Crippen molar-refractivity contribution in [1.29, 1.82) is 0 Å². The van der Waals surface area contributed by atoms with Gasteiger partial charge in [0, 0.05) is 0 Å². The van der Waals surface area contributed by atoms with Crippen LogP contribution in [0.3, 0.4) is 0 Å². The van der Waals surface area contributed by atoms with Gasteiger partial charge in [-0.15, -0.1) is 0 Å². The van der Waals surface area contributed by atoms with E-state index in [0.29, 0.717) is 12.8 Å². The van der Waals surface area contributed by atoms with Crippen LogP contribution in [0.5, 0.6) is 0 Å². The van der Waals surface area contributed by atoms with Crippen molar-refractivity contribution in [1.82, 2.24) is 0 Å². The molecule has 0 aliphatic heterocycles. The number of hydrogen-bond donors (Lipinski definition) is 2. The summed E-state index contributed by atoms with van der Waals surface area (Å²) in [4.78, 5) is 0. The predicted molar refractivity (Wildman–Crippen MR) is 70.9 cm³/mol. The van der Waals surface area contributed by atoms with E-state index < -0.39 is 20.2 Å². The molecule has 0 aromatic rings. The molecule has 0 aliphatic carbocycles. The first-order chi connectivity index (χ1) is 8.21. The van der Waals surface area contributed by atoms with Gasteiger partial charge in [-0.3, -0.25) is 9.11 Å². The van der Waals surface area contributed by atoms with E-state index in [-0.39, 0.29) is 42.5 Å². The van der Waals surface area contributed by atoms with E-state index in [1.807, 2.05) is 0 Å². The summed E-state index contributed by atoms with van der Waals surface area (Å²) in [7, 11) is -7.65. The summed E-state index contributed by atoms with van der Waals surface area (Å²) in [6.45, 7) is 0. The van der Waals surface area contributed by atoms with Gasteiger partial charge in [-0.1, -0.05) is 38.5 Å². The molecule has 0 heterocycles. The van der Waals surface area contributed by atoms with Crippen LogP contribution in [0.1, 0.15) is 52.8 Å². The summed E-state index contributed by atoms with van der Waals surface area (Å²) in [6, 6.07) is 0. The van der Waals surface area contributed by atoms with Crippen LogP contribution in [0.15, 0.2) is 0 Å². The minimum atomic E-state index is -3.82. The second kappa shape index (κ2) is 11.5. The van der Waals surface area contributed by atoms with Crippen molar-refractivity contribution in [2.45, 2.75) is 51.4 Å². The van der Waals surface area contributed by atoms with Crippen LogP contribution >= 0.6 is 0 Å². The Morgan fingerprint density at radius 2 is 0.789 bits per heavy atom. The van der Waals surface area contributed by atoms with Gasteiger partial charge in [-0.05, 0) is 12.8 Å². The predicted octanol–water partition coefficient (Wildman–Crippen LogP) is -1.00. The molecule has 0 aromatic heterocycles. The first kappa shape index (κ1) is 22.1. The van der Waals surface area contributed by atoms with Crippen molar-refractivity contribution in [3.63, 3.8) is 0 Å². The smallest absolute Gasteiger partial charge is 1.00 e. The van der Waals surface area contributed by atoms with Crippen molar-refractivity contribution in [3.05, 3.63) is 0 Å². The summed E-state index contributed by atoms with van der Waals surface area (Å²) in [5.41, 5.74) is 0. The van der Waals surface area contributed by atoms with Gasteiger partial charge in [-0.2, -0.15) is 16.8 Å². The monoisotopic (exact) mass is 326 g/mol. The average molecular weight is 326 g/mol. The van der Waals surface area contributed by atoms with Gasteiger partial charge in [0.1, 0.15) is 0 Å². The Labute approximate surface area is 139 Å². The van der Waals surface area contributed by atoms with Crippen LogP contribution in [0.4, 0.5) is 0 Å². The molecule has 0 atom stereocenters. The Bertz CT molecular complexity index is 369. The van der Waals surface area contributed by atoms with E-state index >= 15 is 0 Å². The zero-order valence-corrected chi connectivity index (χ0v) is 15.0. The SMILES string of the molecule is O=S(=O)(O)CCCCCCCCCCS(=O)(=O)O.[H-].[Na+]. The molecule has 2 N–H and O–H groups in total. The van der Waals surface area contributed by atoms with Crippen LogP contribution in [0, 0.1) is 0 Å². The van der Waals surface area contributed by atoms with E-state index in [2.05, 4.69) is 0 Å². The molecule has 19 heavy (non-hydrogen) atoms. The maximum atomic E-state index is 10.4. The quantitative estimate of drug-likeness (QED) is 0.286. The van der Waals surface area contributed by atoms with Crippen molar-refractivity contribution in [3.8, 4) is 0 Å². The minimum absolute atomic E-state index is 0. The second-order valence-electron chi connectivity index (χ2n) is 4.40. The molecular formula is C10H23NaO6S2. The van der Waals surface area contributed by atoms with Gasteiger partial charge in [0.15, 0.2) is 0 Å². The number of rotatable bonds is 11. The third-order valence-electron chi connectivity index (χ3n) is 2.55. The van der Waals surface area contributed by atoms with Crippen molar-refractivity contribution >= 4 is 20.2 Å². The first-order valence-electron chi connectivity index (χ1n) is 6.11. The van der Waals surface area contributed by atoms with Gasteiger partial charge < -0.3 is 1.43 Å². The summed E-state index contributed by atoms with van der Waals surface area (Å²) in [5.74, 6) is -0.358. The number of hydrogen-bond acceptors (Lipinski definition) is 4. The Balaban J connectivity index is -0.00000144. The molecule has 0 amide bonds. The van der Waals surface area contributed by atoms with Crippen LogP contribution < -0.4 is 29.6 Å². The van der Waals surface area contributed by atoms with Gasteiger partial charge in [-0.25, -0.2) is 0 Å². The Hall–Kier alpha value is 0.820. The van der Waals surface area contributed by atoms with Crippen LogP contribution in [0.25, 0.3) is 0 Å². The molecule has 0 spiro atoms. The summed E-state index contributed by atoms with van der Waals surface area (Å²) >= 11 is 0. The standard InChI is InChI=1S/C10H22O6S2.Na.H/c11-17(12,13)9-7-5-3-1-2-4-6-8-10-18(14,15)16;;/h1-10H2,(H,11,12,13)(H,14,15,16);;/q;+1;-1. The van der Waals surface area contributed by atoms with Gasteiger partial charge >= 0.3 is 29.6 Å². The van der Waals surface area contributed by atoms with Gasteiger partial charge in [0.2, 0.25) is 0 Å². The van der Waals surface area contributed by atoms with E-state index in [1.165, 1.54) is 0 Å². The molecular weight excluding hydrogens is 303 g/mol. The Morgan fingerprint density at radius 3 is 1.00 bits per heavy atom. The molecule has 0 aliphatic rings. The topological polar surface area (TPSA) is 109 Å². The van der Waals surface area contributed by atoms with E-state index in [9.17, 15) is 16.8 Å². The van der Waals surface area contributed by atoms with Crippen molar-refractivity contribution in [2.75, 3.05) is 11.5 Å². The fraction of sp³-hybridized carbons (Fsp3) is 1.00. The minimum Gasteiger partial charge on any atom is -1.00 e. The molecule has 112 valence electrons. The largest absolute Gasteiger partial charge is 1.00 e. The fourth-order valence-corrected chi connectivity index (χ4v) is 2.77. The maximum absolute atomic E-state index is 10.4. The first-order valence-corrected chi connectivity index (χ1v) is 9.33. The molecule has 0 bridgehead atoms. The third kappa shape index (κ3) is 21.3. The van der Waals surface area contributed by atoms with Gasteiger partial charge in [0.25, 0.3) is 20.2 Å². The van der Waals surface area contributed by atoms with E-state index in [1.54, 1.807) is 0 Å². The molecule has 0 saturated heterocycles. The van der Waals surface area contributed by atoms with Crippen molar-refractivity contribution < 1.29 is 56.9 Å². The average Bonchev–Trinajstić information content (AvgIpc) is 2.17. The van der Waals surface area contributed by atoms with Crippen LogP contribution in [-0.4, -0.2) is 37.4 Å². The molecule has 0 aromatic carbocycles. The normalized spacial score (nSPS) is 12.1. The Kier molecular flexibility index (Phi) is 13.4. The van der Waals surface area contributed by atoms with Crippen molar-refractivity contribution in [2.24, 2.45) is 0 Å². The van der Waals surface area contributed by atoms with E-state index in [0.717, 1.165) is 38.5 Å². The second-order valence-corrected chi connectivity index (χ2v) is 7.54. The molecule has 0 radical (unpaired) electrons. The molecule has 0 unspecified atom stereocenters. The summed E-state index contributed by atoms with van der Waals surface area (Å²) in [5, 5.41) is 0. The molecule has 9 heteroatoms. The Morgan fingerprint density at radius 1 is 0.579 bits per heavy atom. The molecule has 0 saturated carbocycles. The third-order valence-corrected chi connectivity index (χ3v) is 4.16. The maximum Gasteiger partial charge on any atom is 1.00 e. The molecule has 6 nitrogen and oxygen atoms in total. The zero-order valence-electron chi connectivity index (χ0n) is 12.4. The molecule has 0 fully saturated rings. The van der Waals surface area contributed by atoms with E-state index in [4.69, 9.17) is 9.11 Å². The van der Waals surface area contributed by atoms with Gasteiger partial charge in [0.05, 0.1) is 11.5 Å². The fourth-order valence-electron chi connectivity index (χ4n) is 1.63. The number of unbranched alkanes of at least 4 members (excludes halogenated alkanes) is 7. The zero-order chi connectivity index (χ0) is 14.1. The summed E-state index contributed by atoms with van der Waals surface area (Å²) < 4.78 is 58.6. The van der Waals surface area contributed by atoms with Crippen LogP contribution in [-0.2, 0) is 20.2 Å². The molecule has 0 rings (SSSR count). The van der Waals surface area contributed by atoms with Crippen LogP contribution in [0.2, 0.25) is 0 Å². The summed E-state index contributed by atoms with van der Waals surface area (Å²) in [6.07, 6.45) is 6.25.